The van der Waals surface area contributed by atoms with Gasteiger partial charge in [-0.1, -0.05) is 40.2 Å². The highest BCUT2D eigenvalue weighted by Gasteiger charge is 2.67. The first-order valence-corrected chi connectivity index (χ1v) is 17.3. The van der Waals surface area contributed by atoms with Crippen LogP contribution in [-0.2, 0) is 14.3 Å². The van der Waals surface area contributed by atoms with E-state index < -0.39 is 23.7 Å². The number of allylic oxidation sites excluding steroid dienone is 2. The zero-order valence-electron chi connectivity index (χ0n) is 25.7. The van der Waals surface area contributed by atoms with Gasteiger partial charge in [0.25, 0.3) is 0 Å². The second-order valence-corrected chi connectivity index (χ2v) is 14.4. The minimum Gasteiger partial charge on any atom is -0.450 e. The molecule has 242 valence electrons. The van der Waals surface area contributed by atoms with Crippen LogP contribution in [0, 0.1) is 48.2 Å². The second kappa shape index (κ2) is 11.7. The first-order chi connectivity index (χ1) is 23.1. The largest absolute Gasteiger partial charge is 0.450 e. The smallest absolute Gasteiger partial charge is 0.339 e. The molecule has 3 fully saturated rings. The third-order valence-corrected chi connectivity index (χ3v) is 11.1. The Labute approximate surface area is 289 Å². The lowest BCUT2D eigenvalue weighted by Crippen LogP contribution is -2.40. The molecule has 2 saturated carbocycles. The lowest BCUT2D eigenvalue weighted by Gasteiger charge is -2.37. The number of alkyl halides is 1. The predicted molar refractivity (Wildman–Crippen MR) is 182 cm³/mol. The first-order valence-electron chi connectivity index (χ1n) is 16.0. The molecule has 1 aliphatic heterocycles. The SMILES string of the molecule is Cc1cc(Br)cc2c(C(=O)OC(CCCl)C(=O)c3ccc(F)cc3)cc(-c3ccc(N4C(=O)C5C6C=CC(C7CC67)C5C4=O)cc3)nc12. The number of benzene rings is 3. The lowest BCUT2D eigenvalue weighted by atomic mass is 9.63. The number of aromatic nitrogens is 1. The molecule has 0 N–H and O–H groups in total. The number of halogens is 3. The van der Waals surface area contributed by atoms with Crippen LogP contribution in [-0.4, -0.2) is 40.5 Å². The number of ether oxygens (including phenoxy) is 1. The van der Waals surface area contributed by atoms with Crippen LogP contribution >= 0.6 is 27.5 Å². The molecule has 2 amide bonds. The number of hydrogen-bond acceptors (Lipinski definition) is 6. The van der Waals surface area contributed by atoms with Gasteiger partial charge in [-0.2, -0.15) is 0 Å². The van der Waals surface area contributed by atoms with E-state index in [1.807, 2.05) is 13.0 Å². The number of fused-ring (bicyclic) bond motifs is 1. The van der Waals surface area contributed by atoms with Crippen LogP contribution in [0.3, 0.4) is 0 Å². The summed E-state index contributed by atoms with van der Waals surface area (Å²) in [5, 5.41) is 0.531. The molecule has 10 heteroatoms. The highest BCUT2D eigenvalue weighted by Crippen LogP contribution is 2.65. The van der Waals surface area contributed by atoms with Crippen LogP contribution in [0.15, 0.2) is 83.4 Å². The minimum absolute atomic E-state index is 0.0622. The van der Waals surface area contributed by atoms with Gasteiger partial charge in [0.1, 0.15) is 5.82 Å². The molecule has 2 bridgehead atoms. The van der Waals surface area contributed by atoms with E-state index in [0.717, 1.165) is 16.5 Å². The number of hydrogen-bond donors (Lipinski definition) is 0. The summed E-state index contributed by atoms with van der Waals surface area (Å²) in [7, 11) is 0. The Kier molecular flexibility index (Phi) is 7.60. The van der Waals surface area contributed by atoms with Gasteiger partial charge >= 0.3 is 5.97 Å². The Bertz CT molecular complexity index is 2030. The zero-order chi connectivity index (χ0) is 33.4. The summed E-state index contributed by atoms with van der Waals surface area (Å²) in [4.78, 5) is 60.6. The molecule has 0 radical (unpaired) electrons. The average Bonchev–Trinajstić information content (AvgIpc) is 3.86. The number of amides is 2. The fraction of sp³-hybridized carbons (Fsp3) is 0.289. The van der Waals surface area contributed by atoms with E-state index in [1.54, 1.807) is 36.4 Å². The number of pyridine rings is 1. The third kappa shape index (κ3) is 5.01. The van der Waals surface area contributed by atoms with Gasteiger partial charge in [0.15, 0.2) is 6.10 Å². The second-order valence-electron chi connectivity index (χ2n) is 13.1. The Morgan fingerprint density at radius 3 is 2.25 bits per heavy atom. The summed E-state index contributed by atoms with van der Waals surface area (Å²) in [5.74, 6) is -1.13. The van der Waals surface area contributed by atoms with Gasteiger partial charge in [-0.25, -0.2) is 14.2 Å². The van der Waals surface area contributed by atoms with Crippen molar-refractivity contribution in [3.05, 3.63) is 106 Å². The molecule has 2 heterocycles. The van der Waals surface area contributed by atoms with E-state index in [0.29, 0.717) is 39.7 Å². The lowest BCUT2D eigenvalue weighted by molar-refractivity contribution is -0.124. The van der Waals surface area contributed by atoms with Gasteiger partial charge in [0.2, 0.25) is 17.6 Å². The number of Topliss-reactive ketones (excluding diaryl/α,β-unsaturated/α-hetero) is 1. The van der Waals surface area contributed by atoms with Gasteiger partial charge in [-0.3, -0.25) is 19.3 Å². The van der Waals surface area contributed by atoms with E-state index in [2.05, 4.69) is 28.1 Å². The Balaban J connectivity index is 1.11. The summed E-state index contributed by atoms with van der Waals surface area (Å²) in [6.45, 7) is 1.88. The van der Waals surface area contributed by atoms with Crippen molar-refractivity contribution in [1.29, 1.82) is 0 Å². The maximum Gasteiger partial charge on any atom is 0.339 e. The van der Waals surface area contributed by atoms with E-state index in [1.165, 1.54) is 29.2 Å². The van der Waals surface area contributed by atoms with E-state index in [9.17, 15) is 23.6 Å². The summed E-state index contributed by atoms with van der Waals surface area (Å²) in [6.07, 6.45) is 4.30. The maximum atomic E-state index is 13.8. The number of anilines is 1. The molecule has 7 atom stereocenters. The Hall–Kier alpha value is -4.21. The summed E-state index contributed by atoms with van der Waals surface area (Å²) in [6, 6.07) is 17.4. The summed E-state index contributed by atoms with van der Waals surface area (Å²) in [5.41, 5.74) is 3.43. The van der Waals surface area contributed by atoms with Gasteiger partial charge in [-0.15, -0.1) is 11.6 Å². The topological polar surface area (TPSA) is 93.6 Å². The number of nitrogens with zero attached hydrogens (tertiary/aromatic N) is 2. The number of imide groups is 1. The molecule has 9 rings (SSSR count). The molecule has 1 saturated heterocycles. The molecule has 7 nitrogen and oxygen atoms in total. The maximum absolute atomic E-state index is 13.8. The summed E-state index contributed by atoms with van der Waals surface area (Å²) >= 11 is 9.50. The van der Waals surface area contributed by atoms with Crippen molar-refractivity contribution in [3.63, 3.8) is 0 Å². The number of ketones is 1. The molecular weight excluding hydrogens is 699 g/mol. The van der Waals surface area contributed by atoms with Crippen molar-refractivity contribution >= 4 is 67.7 Å². The zero-order valence-corrected chi connectivity index (χ0v) is 28.1. The minimum atomic E-state index is -1.18. The third-order valence-electron chi connectivity index (χ3n) is 10.4. The first kappa shape index (κ1) is 31.1. The molecule has 4 aliphatic carbocycles. The standard InChI is InChI=1S/C38H29BrClFN2O5/c1-18-14-21(39)15-28-29(38(47)48-31(12-13-40)35(44)20-2-6-22(41)7-3-20)17-30(42-34(18)28)19-4-8-23(9-5-19)43-36(45)32-24-10-11-25(27-16-26(24)27)33(32)37(43)46/h2-11,14-15,17,24-27,31-33H,12-13,16H2,1H3. The molecule has 7 unspecified atom stereocenters. The molecular formula is C38H29BrClFN2O5. The number of carbonyl (C=O) groups is 4. The van der Waals surface area contributed by atoms with Crippen molar-refractivity contribution in [2.24, 2.45) is 35.5 Å². The molecule has 1 aromatic heterocycles. The van der Waals surface area contributed by atoms with Crippen molar-refractivity contribution in [2.45, 2.75) is 25.9 Å². The number of aryl methyl sites for hydroxylation is 1. The highest BCUT2D eigenvalue weighted by atomic mass is 79.9. The van der Waals surface area contributed by atoms with E-state index >= 15 is 0 Å². The van der Waals surface area contributed by atoms with Crippen LogP contribution in [0.1, 0.15) is 39.1 Å². The van der Waals surface area contributed by atoms with Crippen LogP contribution in [0.25, 0.3) is 22.2 Å². The van der Waals surface area contributed by atoms with E-state index in [-0.39, 0.29) is 58.9 Å². The molecule has 5 aliphatic rings. The van der Waals surface area contributed by atoms with Crippen LogP contribution in [0.4, 0.5) is 10.1 Å². The summed E-state index contributed by atoms with van der Waals surface area (Å²) < 4.78 is 20.0. The Morgan fingerprint density at radius 1 is 0.979 bits per heavy atom. The van der Waals surface area contributed by atoms with Crippen molar-refractivity contribution in [3.8, 4) is 11.3 Å². The van der Waals surface area contributed by atoms with Gasteiger partial charge in [0, 0.05) is 33.3 Å². The normalized spacial score (nSPS) is 25.6. The monoisotopic (exact) mass is 726 g/mol. The van der Waals surface area contributed by atoms with Gasteiger partial charge in [-0.05, 0) is 97.2 Å². The molecule has 48 heavy (non-hydrogen) atoms. The fourth-order valence-corrected chi connectivity index (χ4v) is 8.87. The van der Waals surface area contributed by atoms with Gasteiger partial charge < -0.3 is 4.74 Å². The quantitative estimate of drug-likeness (QED) is 0.0607. The van der Waals surface area contributed by atoms with Crippen molar-refractivity contribution in [1.82, 2.24) is 4.98 Å². The molecule has 4 aromatic rings. The van der Waals surface area contributed by atoms with Crippen LogP contribution in [0.5, 0.6) is 0 Å². The van der Waals surface area contributed by atoms with Gasteiger partial charge in [0.05, 0.1) is 34.3 Å². The fourth-order valence-electron chi connectivity index (χ4n) is 8.10. The molecule has 3 aromatic carbocycles. The molecule has 0 spiro atoms. The number of carbonyl (C=O) groups excluding carboxylic acids is 4. The van der Waals surface area contributed by atoms with Crippen LogP contribution in [0.2, 0.25) is 0 Å². The Morgan fingerprint density at radius 2 is 1.62 bits per heavy atom. The van der Waals surface area contributed by atoms with Crippen LogP contribution < -0.4 is 4.90 Å². The number of esters is 1. The average molecular weight is 728 g/mol. The highest BCUT2D eigenvalue weighted by molar-refractivity contribution is 9.10. The van der Waals surface area contributed by atoms with Crippen molar-refractivity contribution < 1.29 is 28.3 Å². The predicted octanol–water partition coefficient (Wildman–Crippen LogP) is 7.71. The van der Waals surface area contributed by atoms with Crippen molar-refractivity contribution in [2.75, 3.05) is 10.8 Å². The number of rotatable bonds is 8. The van der Waals surface area contributed by atoms with E-state index in [4.69, 9.17) is 21.3 Å².